The quantitative estimate of drug-likeness (QED) is 0.877. The molecule has 0 unspecified atom stereocenters. The fraction of sp³-hybridized carbons (Fsp3) is 0.250. The molecule has 4 heteroatoms. The number of carbonyl (C=O) groups is 1. The van der Waals surface area contributed by atoms with Crippen LogP contribution in [0, 0.1) is 6.92 Å². The Hall–Kier alpha value is -2.20. The van der Waals surface area contributed by atoms with E-state index in [9.17, 15) is 4.79 Å². The van der Waals surface area contributed by atoms with Gasteiger partial charge in [0, 0.05) is 18.5 Å². The molecular weight excluding hydrogens is 252 g/mol. The Morgan fingerprint density at radius 3 is 2.90 bits per heavy atom. The van der Waals surface area contributed by atoms with E-state index in [4.69, 9.17) is 5.11 Å². The lowest BCUT2D eigenvalue weighted by molar-refractivity contribution is 0.102. The number of nitrogens with one attached hydrogen (secondary N) is 1. The number of hydrogen-bond acceptors (Lipinski definition) is 3. The highest BCUT2D eigenvalue weighted by molar-refractivity contribution is 6.03. The maximum atomic E-state index is 12.1. The summed E-state index contributed by atoms with van der Waals surface area (Å²) in [4.78, 5) is 16.2. The lowest BCUT2D eigenvalue weighted by atomic mass is 10.1. The molecule has 1 heterocycles. The molecule has 0 aliphatic heterocycles. The van der Waals surface area contributed by atoms with E-state index in [0.29, 0.717) is 5.69 Å². The summed E-state index contributed by atoms with van der Waals surface area (Å²) in [6.07, 6.45) is 3.12. The third-order valence-corrected chi connectivity index (χ3v) is 3.03. The van der Waals surface area contributed by atoms with Crippen molar-refractivity contribution < 1.29 is 9.90 Å². The number of aliphatic hydroxyl groups is 1. The van der Waals surface area contributed by atoms with Crippen LogP contribution in [0.25, 0.3) is 0 Å². The van der Waals surface area contributed by atoms with Gasteiger partial charge in [-0.05, 0) is 49.1 Å². The highest BCUT2D eigenvalue weighted by Crippen LogP contribution is 2.14. The first-order valence-electron chi connectivity index (χ1n) is 6.63. The van der Waals surface area contributed by atoms with Gasteiger partial charge in [-0.15, -0.1) is 0 Å². The average molecular weight is 270 g/mol. The Kier molecular flexibility index (Phi) is 4.85. The molecule has 4 nitrogen and oxygen atoms in total. The molecule has 0 radical (unpaired) electrons. The second-order valence-corrected chi connectivity index (χ2v) is 4.65. The SMILES string of the molecule is Cc1cccnc1C(=O)Nc1cccc(CCCO)c1. The van der Waals surface area contributed by atoms with E-state index < -0.39 is 0 Å². The molecular formula is C16H18N2O2. The summed E-state index contributed by atoms with van der Waals surface area (Å²) in [5, 5.41) is 11.7. The molecule has 2 rings (SSSR count). The van der Waals surface area contributed by atoms with Crippen molar-refractivity contribution in [3.63, 3.8) is 0 Å². The Morgan fingerprint density at radius 1 is 1.30 bits per heavy atom. The summed E-state index contributed by atoms with van der Waals surface area (Å²) in [5.41, 5.74) is 3.12. The van der Waals surface area contributed by atoms with Gasteiger partial charge in [0.25, 0.3) is 5.91 Å². The molecule has 0 spiro atoms. The first-order valence-corrected chi connectivity index (χ1v) is 6.63. The third-order valence-electron chi connectivity index (χ3n) is 3.03. The highest BCUT2D eigenvalue weighted by atomic mass is 16.2. The van der Waals surface area contributed by atoms with E-state index >= 15 is 0 Å². The summed E-state index contributed by atoms with van der Waals surface area (Å²) in [7, 11) is 0. The molecule has 0 aliphatic rings. The molecule has 2 N–H and O–H groups in total. The van der Waals surface area contributed by atoms with Crippen LogP contribution in [0.15, 0.2) is 42.6 Å². The van der Waals surface area contributed by atoms with Crippen LogP contribution in [0.2, 0.25) is 0 Å². The van der Waals surface area contributed by atoms with Crippen molar-refractivity contribution >= 4 is 11.6 Å². The molecule has 0 saturated carbocycles. The van der Waals surface area contributed by atoms with E-state index in [1.807, 2.05) is 43.3 Å². The molecule has 104 valence electrons. The normalized spacial score (nSPS) is 10.3. The van der Waals surface area contributed by atoms with Crippen LogP contribution in [0.4, 0.5) is 5.69 Å². The Morgan fingerprint density at radius 2 is 2.15 bits per heavy atom. The van der Waals surface area contributed by atoms with E-state index in [2.05, 4.69) is 10.3 Å². The van der Waals surface area contributed by atoms with Gasteiger partial charge in [-0.2, -0.15) is 0 Å². The Balaban J connectivity index is 2.10. The van der Waals surface area contributed by atoms with Crippen molar-refractivity contribution in [1.29, 1.82) is 0 Å². The largest absolute Gasteiger partial charge is 0.396 e. The topological polar surface area (TPSA) is 62.2 Å². The van der Waals surface area contributed by atoms with E-state index in [1.165, 1.54) is 0 Å². The average Bonchev–Trinajstić information content (AvgIpc) is 2.46. The molecule has 1 aromatic heterocycles. The number of hydrogen-bond donors (Lipinski definition) is 2. The minimum Gasteiger partial charge on any atom is -0.396 e. The molecule has 0 atom stereocenters. The maximum absolute atomic E-state index is 12.1. The van der Waals surface area contributed by atoms with Gasteiger partial charge >= 0.3 is 0 Å². The van der Waals surface area contributed by atoms with Crippen LogP contribution in [0.3, 0.4) is 0 Å². The van der Waals surface area contributed by atoms with Crippen LogP contribution < -0.4 is 5.32 Å². The Labute approximate surface area is 118 Å². The number of amides is 1. The standard InChI is InChI=1S/C16H18N2O2/c1-12-5-3-9-17-15(12)16(20)18-14-8-2-6-13(11-14)7-4-10-19/h2-3,5-6,8-9,11,19H,4,7,10H2,1H3,(H,18,20). The van der Waals surface area contributed by atoms with Crippen molar-refractivity contribution in [2.45, 2.75) is 19.8 Å². The van der Waals surface area contributed by atoms with Gasteiger partial charge in [0.15, 0.2) is 0 Å². The van der Waals surface area contributed by atoms with Crippen LogP contribution >= 0.6 is 0 Å². The van der Waals surface area contributed by atoms with Gasteiger partial charge in [0.05, 0.1) is 0 Å². The lowest BCUT2D eigenvalue weighted by Gasteiger charge is -2.08. The molecule has 1 amide bonds. The zero-order valence-corrected chi connectivity index (χ0v) is 11.5. The summed E-state index contributed by atoms with van der Waals surface area (Å²) in [6, 6.07) is 11.3. The van der Waals surface area contributed by atoms with Crippen molar-refractivity contribution in [3.8, 4) is 0 Å². The molecule has 0 fully saturated rings. The maximum Gasteiger partial charge on any atom is 0.274 e. The summed E-state index contributed by atoms with van der Waals surface area (Å²) < 4.78 is 0. The predicted molar refractivity (Wildman–Crippen MR) is 78.8 cm³/mol. The molecule has 1 aromatic carbocycles. The van der Waals surface area contributed by atoms with E-state index in [0.717, 1.165) is 29.7 Å². The highest BCUT2D eigenvalue weighted by Gasteiger charge is 2.10. The number of rotatable bonds is 5. The first kappa shape index (κ1) is 14.2. The van der Waals surface area contributed by atoms with Gasteiger partial charge < -0.3 is 10.4 Å². The van der Waals surface area contributed by atoms with Gasteiger partial charge in [-0.3, -0.25) is 9.78 Å². The minimum atomic E-state index is -0.206. The van der Waals surface area contributed by atoms with E-state index in [-0.39, 0.29) is 12.5 Å². The number of anilines is 1. The van der Waals surface area contributed by atoms with Crippen molar-refractivity contribution in [1.82, 2.24) is 4.98 Å². The molecule has 20 heavy (non-hydrogen) atoms. The number of carbonyl (C=O) groups excluding carboxylic acids is 1. The number of aryl methyl sites for hydroxylation is 2. The molecule has 0 saturated heterocycles. The van der Waals surface area contributed by atoms with Gasteiger partial charge in [-0.25, -0.2) is 0 Å². The number of benzene rings is 1. The van der Waals surface area contributed by atoms with E-state index in [1.54, 1.807) is 6.20 Å². The van der Waals surface area contributed by atoms with Crippen LogP contribution in [0.5, 0.6) is 0 Å². The Bertz CT molecular complexity index is 597. The predicted octanol–water partition coefficient (Wildman–Crippen LogP) is 2.57. The number of pyridine rings is 1. The lowest BCUT2D eigenvalue weighted by Crippen LogP contribution is -2.15. The summed E-state index contributed by atoms with van der Waals surface area (Å²) in [5.74, 6) is -0.206. The zero-order chi connectivity index (χ0) is 14.4. The summed E-state index contributed by atoms with van der Waals surface area (Å²) >= 11 is 0. The minimum absolute atomic E-state index is 0.170. The monoisotopic (exact) mass is 270 g/mol. The second-order valence-electron chi connectivity index (χ2n) is 4.65. The number of aliphatic hydroxyl groups excluding tert-OH is 1. The van der Waals surface area contributed by atoms with Gasteiger partial charge in [-0.1, -0.05) is 18.2 Å². The first-order chi connectivity index (χ1) is 9.70. The molecule has 2 aromatic rings. The smallest absolute Gasteiger partial charge is 0.274 e. The van der Waals surface area contributed by atoms with Gasteiger partial charge in [0.1, 0.15) is 5.69 Å². The number of nitrogens with zero attached hydrogens (tertiary/aromatic N) is 1. The third kappa shape index (κ3) is 3.65. The molecule has 0 bridgehead atoms. The van der Waals surface area contributed by atoms with Crippen molar-refractivity contribution in [2.24, 2.45) is 0 Å². The van der Waals surface area contributed by atoms with Crippen LogP contribution in [-0.4, -0.2) is 22.6 Å². The zero-order valence-electron chi connectivity index (χ0n) is 11.5. The molecule has 0 aliphatic carbocycles. The van der Waals surface area contributed by atoms with Crippen molar-refractivity contribution in [2.75, 3.05) is 11.9 Å². The fourth-order valence-corrected chi connectivity index (χ4v) is 2.00. The summed E-state index contributed by atoms with van der Waals surface area (Å²) in [6.45, 7) is 2.03. The van der Waals surface area contributed by atoms with Gasteiger partial charge in [0.2, 0.25) is 0 Å². The van der Waals surface area contributed by atoms with Crippen LogP contribution in [0.1, 0.15) is 28.0 Å². The second kappa shape index (κ2) is 6.82. The number of aromatic nitrogens is 1. The fourth-order valence-electron chi connectivity index (χ4n) is 2.00. The van der Waals surface area contributed by atoms with Crippen LogP contribution in [-0.2, 0) is 6.42 Å². The van der Waals surface area contributed by atoms with Crippen molar-refractivity contribution in [3.05, 3.63) is 59.4 Å².